The van der Waals surface area contributed by atoms with Gasteiger partial charge in [-0.25, -0.2) is 4.79 Å². The molecule has 0 aliphatic carbocycles. The van der Waals surface area contributed by atoms with Crippen molar-refractivity contribution in [3.8, 4) is 11.5 Å². The van der Waals surface area contributed by atoms with E-state index in [9.17, 15) is 14.7 Å². The molecule has 3 aromatic rings. The average molecular weight is 405 g/mol. The molecule has 0 saturated heterocycles. The number of thioether (sulfide) groups is 1. The van der Waals surface area contributed by atoms with Gasteiger partial charge >= 0.3 is 5.97 Å². The van der Waals surface area contributed by atoms with Crippen LogP contribution in [0.1, 0.15) is 15.9 Å². The maximum atomic E-state index is 12.2. The van der Waals surface area contributed by atoms with Crippen molar-refractivity contribution < 1.29 is 19.4 Å². The number of carboxylic acids is 1. The molecule has 0 unspecified atom stereocenters. The molecule has 29 heavy (non-hydrogen) atoms. The highest BCUT2D eigenvalue weighted by Gasteiger charge is 2.13. The first-order chi connectivity index (χ1) is 14.1. The second kappa shape index (κ2) is 9.61. The van der Waals surface area contributed by atoms with Gasteiger partial charge in [-0.15, -0.1) is 11.8 Å². The largest absolute Gasteiger partial charge is 0.477 e. The minimum Gasteiger partial charge on any atom is -0.477 e. The Morgan fingerprint density at radius 1 is 0.931 bits per heavy atom. The molecule has 0 aromatic heterocycles. The third-order valence-corrected chi connectivity index (χ3v) is 4.78. The van der Waals surface area contributed by atoms with Crippen LogP contribution in [0.3, 0.4) is 0 Å². The lowest BCUT2D eigenvalue weighted by atomic mass is 10.1. The number of nitrogens with one attached hydrogen (secondary N) is 1. The first-order valence-electron chi connectivity index (χ1n) is 8.79. The molecule has 2 N–H and O–H groups in total. The van der Waals surface area contributed by atoms with Gasteiger partial charge in [0.1, 0.15) is 17.2 Å². The molecule has 0 aliphatic rings. The molecular weight excluding hydrogens is 386 g/mol. The van der Waals surface area contributed by atoms with Crippen LogP contribution >= 0.6 is 11.8 Å². The lowest BCUT2D eigenvalue weighted by Crippen LogP contribution is -2.27. The van der Waals surface area contributed by atoms with Crippen LogP contribution in [0.15, 0.2) is 89.5 Å². The number of benzene rings is 3. The number of rotatable bonds is 7. The Hall–Kier alpha value is -3.51. The normalized spacial score (nSPS) is 11.0. The number of aliphatic carboxylic acids is 1. The van der Waals surface area contributed by atoms with Gasteiger partial charge in [0.2, 0.25) is 0 Å². The molecule has 0 fully saturated rings. The van der Waals surface area contributed by atoms with Gasteiger partial charge in [-0.3, -0.25) is 4.79 Å². The van der Waals surface area contributed by atoms with E-state index in [4.69, 9.17) is 4.74 Å². The van der Waals surface area contributed by atoms with Crippen LogP contribution in [0.4, 0.5) is 0 Å². The van der Waals surface area contributed by atoms with E-state index >= 15 is 0 Å². The van der Waals surface area contributed by atoms with Crippen molar-refractivity contribution in [1.82, 2.24) is 5.32 Å². The second-order valence-electron chi connectivity index (χ2n) is 6.01. The summed E-state index contributed by atoms with van der Waals surface area (Å²) in [6, 6.07) is 23.1. The van der Waals surface area contributed by atoms with Crippen LogP contribution in [0.5, 0.6) is 11.5 Å². The summed E-state index contributed by atoms with van der Waals surface area (Å²) in [4.78, 5) is 24.8. The van der Waals surface area contributed by atoms with Crippen LogP contribution < -0.4 is 10.1 Å². The lowest BCUT2D eigenvalue weighted by molar-refractivity contribution is -0.132. The average Bonchev–Trinajstić information content (AvgIpc) is 2.75. The topological polar surface area (TPSA) is 75.6 Å². The van der Waals surface area contributed by atoms with Crippen molar-refractivity contribution in [1.29, 1.82) is 0 Å². The highest BCUT2D eigenvalue weighted by atomic mass is 32.2. The second-order valence-corrected chi connectivity index (χ2v) is 6.85. The maximum absolute atomic E-state index is 12.2. The highest BCUT2D eigenvalue weighted by Crippen LogP contribution is 2.31. The number of carboxylic acid groups (broad SMARTS) is 1. The van der Waals surface area contributed by atoms with Gasteiger partial charge in [0.15, 0.2) is 0 Å². The van der Waals surface area contributed by atoms with Gasteiger partial charge in [0, 0.05) is 10.5 Å². The zero-order valence-electron chi connectivity index (χ0n) is 15.7. The molecule has 146 valence electrons. The number of hydrogen-bond acceptors (Lipinski definition) is 4. The van der Waals surface area contributed by atoms with E-state index in [1.165, 1.54) is 6.08 Å². The first-order valence-corrected chi connectivity index (χ1v) is 10.0. The quantitative estimate of drug-likeness (QED) is 0.425. The van der Waals surface area contributed by atoms with Crippen molar-refractivity contribution in [3.05, 3.63) is 95.7 Å². The van der Waals surface area contributed by atoms with Crippen molar-refractivity contribution in [2.75, 3.05) is 6.26 Å². The van der Waals surface area contributed by atoms with Gasteiger partial charge in [0.05, 0.1) is 0 Å². The van der Waals surface area contributed by atoms with E-state index < -0.39 is 11.9 Å². The molecular formula is C23H19NO4S. The molecule has 0 heterocycles. The zero-order valence-corrected chi connectivity index (χ0v) is 16.5. The van der Waals surface area contributed by atoms with Crippen LogP contribution in [0.2, 0.25) is 0 Å². The molecule has 3 rings (SSSR count). The van der Waals surface area contributed by atoms with Crippen LogP contribution in [-0.4, -0.2) is 23.2 Å². The van der Waals surface area contributed by atoms with Crippen LogP contribution in [-0.2, 0) is 4.79 Å². The molecule has 5 nitrogen and oxygen atoms in total. The van der Waals surface area contributed by atoms with E-state index in [2.05, 4.69) is 5.32 Å². The Balaban J connectivity index is 1.75. The van der Waals surface area contributed by atoms with Crippen LogP contribution in [0.25, 0.3) is 6.08 Å². The minimum atomic E-state index is -1.22. The third kappa shape index (κ3) is 5.49. The summed E-state index contributed by atoms with van der Waals surface area (Å²) in [5.74, 6) is -0.310. The van der Waals surface area contributed by atoms with Crippen molar-refractivity contribution in [2.24, 2.45) is 0 Å². The lowest BCUT2D eigenvalue weighted by Gasteiger charge is -2.10. The van der Waals surface area contributed by atoms with Gasteiger partial charge in [-0.05, 0) is 54.3 Å². The Bertz CT molecular complexity index is 1030. The first kappa shape index (κ1) is 20.2. The molecule has 0 radical (unpaired) electrons. The number of carbonyl (C=O) groups excluding carboxylic acids is 1. The molecule has 0 aliphatic heterocycles. The fraction of sp³-hybridized carbons (Fsp3) is 0.0435. The van der Waals surface area contributed by atoms with Crippen molar-refractivity contribution in [2.45, 2.75) is 4.90 Å². The molecule has 0 saturated carbocycles. The minimum absolute atomic E-state index is 0.208. The zero-order chi connectivity index (χ0) is 20.6. The van der Waals surface area contributed by atoms with E-state index in [0.29, 0.717) is 16.9 Å². The summed E-state index contributed by atoms with van der Waals surface area (Å²) in [5.41, 5.74) is 0.803. The van der Waals surface area contributed by atoms with Gasteiger partial charge in [-0.2, -0.15) is 0 Å². The number of para-hydroxylation sites is 1. The standard InChI is InChI=1S/C23H19NO4S/c1-29-21-10-6-5-9-20(21)28-18-13-11-16(12-14-18)15-19(23(26)27)24-22(25)17-7-3-2-4-8-17/h2-15H,1H3,(H,24,25)(H,26,27)/b19-15-. The number of amides is 1. The summed E-state index contributed by atoms with van der Waals surface area (Å²) < 4.78 is 5.90. The Morgan fingerprint density at radius 2 is 1.59 bits per heavy atom. The van der Waals surface area contributed by atoms with Crippen LogP contribution in [0, 0.1) is 0 Å². The smallest absolute Gasteiger partial charge is 0.352 e. The van der Waals surface area contributed by atoms with Gasteiger partial charge in [0.25, 0.3) is 5.91 Å². The summed E-state index contributed by atoms with van der Waals surface area (Å²) >= 11 is 1.59. The summed E-state index contributed by atoms with van der Waals surface area (Å²) in [5, 5.41) is 11.9. The fourth-order valence-electron chi connectivity index (χ4n) is 2.56. The SMILES string of the molecule is CSc1ccccc1Oc1ccc(/C=C(\NC(=O)c2ccccc2)C(=O)O)cc1. The fourth-order valence-corrected chi connectivity index (χ4v) is 3.09. The summed E-state index contributed by atoms with van der Waals surface area (Å²) in [6.45, 7) is 0. The van der Waals surface area contributed by atoms with Gasteiger partial charge in [-0.1, -0.05) is 42.5 Å². The Morgan fingerprint density at radius 3 is 2.24 bits per heavy atom. The van der Waals surface area contributed by atoms with E-state index in [1.807, 2.05) is 30.5 Å². The van der Waals surface area contributed by atoms with E-state index in [0.717, 1.165) is 10.6 Å². The van der Waals surface area contributed by atoms with Gasteiger partial charge < -0.3 is 15.2 Å². The number of hydrogen-bond donors (Lipinski definition) is 2. The van der Waals surface area contributed by atoms with Crippen molar-refractivity contribution >= 4 is 29.7 Å². The van der Waals surface area contributed by atoms with E-state index in [1.54, 1.807) is 66.4 Å². The predicted octanol–water partition coefficient (Wildman–Crippen LogP) is 5.06. The monoisotopic (exact) mass is 405 g/mol. The molecule has 0 bridgehead atoms. The van der Waals surface area contributed by atoms with E-state index in [-0.39, 0.29) is 5.70 Å². The maximum Gasteiger partial charge on any atom is 0.352 e. The number of carbonyl (C=O) groups is 2. The number of ether oxygens (including phenoxy) is 1. The summed E-state index contributed by atoms with van der Waals surface area (Å²) in [7, 11) is 0. The molecule has 0 atom stereocenters. The third-order valence-electron chi connectivity index (χ3n) is 4.00. The Kier molecular flexibility index (Phi) is 6.71. The molecule has 0 spiro atoms. The molecule has 1 amide bonds. The Labute approximate surface area is 173 Å². The highest BCUT2D eigenvalue weighted by molar-refractivity contribution is 7.98. The molecule has 3 aromatic carbocycles. The molecule has 6 heteroatoms. The summed E-state index contributed by atoms with van der Waals surface area (Å²) in [6.07, 6.45) is 3.38. The van der Waals surface area contributed by atoms with Crippen molar-refractivity contribution in [3.63, 3.8) is 0 Å². The predicted molar refractivity (Wildman–Crippen MR) is 114 cm³/mol.